The van der Waals surface area contributed by atoms with Crippen LogP contribution in [0, 0.1) is 0 Å². The molecule has 0 unspecified atom stereocenters. The number of Topliss-reactive ketones (excluding diaryl/α,β-unsaturated/α-hetero) is 1. The molecule has 0 bridgehead atoms. The van der Waals surface area contributed by atoms with Crippen LogP contribution >= 0.6 is 0 Å². The zero-order chi connectivity index (χ0) is 11.8. The number of rotatable bonds is 6. The van der Waals surface area contributed by atoms with Gasteiger partial charge in [0.1, 0.15) is 5.78 Å². The van der Waals surface area contributed by atoms with E-state index in [0.29, 0.717) is 12.8 Å². The van der Waals surface area contributed by atoms with Crippen molar-refractivity contribution in [3.8, 4) is 0 Å². The predicted molar refractivity (Wildman–Crippen MR) is 59.3 cm³/mol. The van der Waals surface area contributed by atoms with E-state index < -0.39 is 5.97 Å². The van der Waals surface area contributed by atoms with Gasteiger partial charge in [-0.05, 0) is 12.0 Å². The first-order valence-electron chi connectivity index (χ1n) is 5.17. The number of hydrogen-bond donors (Lipinski definition) is 1. The summed E-state index contributed by atoms with van der Waals surface area (Å²) < 4.78 is 0. The number of ketones is 1. The molecule has 1 aromatic rings. The predicted octanol–water partition coefficient (Wildman–Crippen LogP) is 1.39. The summed E-state index contributed by atoms with van der Waals surface area (Å²) in [7, 11) is 0. The molecular weight excluding hydrogens is 206 g/mol. The Morgan fingerprint density at radius 2 is 1.75 bits per heavy atom. The third-order valence-corrected chi connectivity index (χ3v) is 2.27. The fourth-order valence-electron chi connectivity index (χ4n) is 1.35. The molecule has 4 heteroatoms. The second-order valence-corrected chi connectivity index (χ2v) is 3.51. The van der Waals surface area contributed by atoms with Crippen LogP contribution in [0.2, 0.25) is 0 Å². The lowest BCUT2D eigenvalue weighted by Gasteiger charge is -2.00. The highest BCUT2D eigenvalue weighted by atomic mass is 16.7. The van der Waals surface area contributed by atoms with Crippen LogP contribution in [-0.4, -0.2) is 11.8 Å². The Hall–Kier alpha value is -1.68. The van der Waals surface area contributed by atoms with E-state index in [-0.39, 0.29) is 18.6 Å². The zero-order valence-corrected chi connectivity index (χ0v) is 9.02. The largest absolute Gasteiger partial charge is 0.373 e. The van der Waals surface area contributed by atoms with Crippen molar-refractivity contribution < 1.29 is 14.4 Å². The lowest BCUT2D eigenvalue weighted by Crippen LogP contribution is -2.11. The number of carbonyl (C=O) groups is 2. The second-order valence-electron chi connectivity index (χ2n) is 3.51. The molecule has 0 spiro atoms. The molecule has 0 aliphatic rings. The molecule has 0 saturated heterocycles. The molecule has 1 rings (SSSR count). The molecule has 0 heterocycles. The van der Waals surface area contributed by atoms with Crippen LogP contribution in [0.1, 0.15) is 24.8 Å². The molecule has 1 aromatic carbocycles. The van der Waals surface area contributed by atoms with E-state index in [9.17, 15) is 9.59 Å². The summed E-state index contributed by atoms with van der Waals surface area (Å²) in [6.45, 7) is 0. The van der Waals surface area contributed by atoms with E-state index in [1.54, 1.807) is 0 Å². The molecule has 2 N–H and O–H groups in total. The third-order valence-electron chi connectivity index (χ3n) is 2.27. The van der Waals surface area contributed by atoms with Crippen molar-refractivity contribution in [3.63, 3.8) is 0 Å². The summed E-state index contributed by atoms with van der Waals surface area (Å²) >= 11 is 0. The van der Waals surface area contributed by atoms with E-state index >= 15 is 0 Å². The van der Waals surface area contributed by atoms with Crippen molar-refractivity contribution >= 4 is 11.8 Å². The van der Waals surface area contributed by atoms with Gasteiger partial charge in [-0.25, -0.2) is 0 Å². The maximum atomic E-state index is 11.4. The van der Waals surface area contributed by atoms with Crippen LogP contribution < -0.4 is 5.90 Å². The first-order valence-corrected chi connectivity index (χ1v) is 5.17. The van der Waals surface area contributed by atoms with Gasteiger partial charge in [0.15, 0.2) is 0 Å². The summed E-state index contributed by atoms with van der Waals surface area (Å²) in [6, 6.07) is 9.75. The Labute approximate surface area is 94.4 Å². The second kappa shape index (κ2) is 6.74. The van der Waals surface area contributed by atoms with Crippen LogP contribution in [0.25, 0.3) is 0 Å². The topological polar surface area (TPSA) is 69.4 Å². The first kappa shape index (κ1) is 12.4. The van der Waals surface area contributed by atoms with E-state index in [2.05, 4.69) is 10.7 Å². The third kappa shape index (κ3) is 4.70. The van der Waals surface area contributed by atoms with E-state index in [0.717, 1.165) is 5.56 Å². The molecule has 4 nitrogen and oxygen atoms in total. The Kier molecular flexibility index (Phi) is 5.22. The molecule has 0 aromatic heterocycles. The lowest BCUT2D eigenvalue weighted by atomic mass is 10.1. The highest BCUT2D eigenvalue weighted by molar-refractivity contribution is 5.82. The SMILES string of the molecule is NOC(=O)CCC(=O)CCc1ccccc1. The maximum Gasteiger partial charge on any atom is 0.324 e. The molecule has 0 aliphatic carbocycles. The van der Waals surface area contributed by atoms with Crippen molar-refractivity contribution in [3.05, 3.63) is 35.9 Å². The summed E-state index contributed by atoms with van der Waals surface area (Å²) in [5, 5.41) is 0. The van der Waals surface area contributed by atoms with E-state index in [4.69, 9.17) is 0 Å². The maximum absolute atomic E-state index is 11.4. The van der Waals surface area contributed by atoms with Crippen molar-refractivity contribution in [2.24, 2.45) is 5.90 Å². The Balaban J connectivity index is 2.23. The van der Waals surface area contributed by atoms with Crippen LogP contribution in [0.15, 0.2) is 30.3 Å². The smallest absolute Gasteiger partial charge is 0.324 e. The van der Waals surface area contributed by atoms with Crippen LogP contribution in [0.5, 0.6) is 0 Å². The van der Waals surface area contributed by atoms with E-state index in [1.165, 1.54) is 0 Å². The quantitative estimate of drug-likeness (QED) is 0.737. The number of carbonyl (C=O) groups excluding carboxylic acids is 2. The average Bonchev–Trinajstić information content (AvgIpc) is 2.34. The van der Waals surface area contributed by atoms with Gasteiger partial charge in [-0.3, -0.25) is 9.59 Å². The van der Waals surface area contributed by atoms with Gasteiger partial charge in [0.2, 0.25) is 0 Å². The van der Waals surface area contributed by atoms with Gasteiger partial charge in [-0.2, -0.15) is 5.90 Å². The van der Waals surface area contributed by atoms with Gasteiger partial charge < -0.3 is 4.84 Å². The normalized spacial score (nSPS) is 9.81. The van der Waals surface area contributed by atoms with Gasteiger partial charge in [0, 0.05) is 12.8 Å². The molecule has 0 radical (unpaired) electrons. The van der Waals surface area contributed by atoms with Crippen molar-refractivity contribution in [1.29, 1.82) is 0 Å². The van der Waals surface area contributed by atoms with Crippen molar-refractivity contribution in [2.75, 3.05) is 0 Å². The number of benzene rings is 1. The van der Waals surface area contributed by atoms with Gasteiger partial charge in [0.05, 0.1) is 6.42 Å². The standard InChI is InChI=1S/C12H15NO3/c13-16-12(15)9-8-11(14)7-6-10-4-2-1-3-5-10/h1-5H,6-9,13H2. The Bertz CT molecular complexity index is 349. The van der Waals surface area contributed by atoms with Crippen molar-refractivity contribution in [2.45, 2.75) is 25.7 Å². The molecule has 16 heavy (non-hydrogen) atoms. The van der Waals surface area contributed by atoms with Crippen LogP contribution in [-0.2, 0) is 20.8 Å². The molecule has 0 fully saturated rings. The van der Waals surface area contributed by atoms with Gasteiger partial charge >= 0.3 is 5.97 Å². The summed E-state index contributed by atoms with van der Waals surface area (Å²) in [5.74, 6) is 4.16. The Morgan fingerprint density at radius 1 is 1.06 bits per heavy atom. The summed E-state index contributed by atoms with van der Waals surface area (Å²) in [4.78, 5) is 26.1. The highest BCUT2D eigenvalue weighted by Gasteiger charge is 2.07. The minimum absolute atomic E-state index is 0.0502. The average molecular weight is 221 g/mol. The Morgan fingerprint density at radius 3 is 2.38 bits per heavy atom. The summed E-state index contributed by atoms with van der Waals surface area (Å²) in [5.41, 5.74) is 1.12. The summed E-state index contributed by atoms with van der Waals surface area (Å²) in [6.07, 6.45) is 1.41. The van der Waals surface area contributed by atoms with Gasteiger partial charge in [0.25, 0.3) is 0 Å². The fourth-order valence-corrected chi connectivity index (χ4v) is 1.35. The molecule has 86 valence electrons. The minimum atomic E-state index is -0.548. The number of nitrogens with two attached hydrogens (primary N) is 1. The first-order chi connectivity index (χ1) is 7.72. The molecular formula is C12H15NO3. The fraction of sp³-hybridized carbons (Fsp3) is 0.333. The van der Waals surface area contributed by atoms with Crippen molar-refractivity contribution in [1.82, 2.24) is 0 Å². The van der Waals surface area contributed by atoms with Crippen LogP contribution in [0.3, 0.4) is 0 Å². The molecule has 0 atom stereocenters. The molecule has 0 saturated carbocycles. The molecule has 0 amide bonds. The zero-order valence-electron chi connectivity index (χ0n) is 9.02. The monoisotopic (exact) mass is 221 g/mol. The van der Waals surface area contributed by atoms with Gasteiger partial charge in [-0.1, -0.05) is 30.3 Å². The van der Waals surface area contributed by atoms with E-state index in [1.807, 2.05) is 30.3 Å². The highest BCUT2D eigenvalue weighted by Crippen LogP contribution is 2.05. The molecule has 0 aliphatic heterocycles. The van der Waals surface area contributed by atoms with Crippen LogP contribution in [0.4, 0.5) is 0 Å². The number of aryl methyl sites for hydroxylation is 1. The lowest BCUT2D eigenvalue weighted by molar-refractivity contribution is -0.145. The van der Waals surface area contributed by atoms with Gasteiger partial charge in [-0.15, -0.1) is 0 Å². The minimum Gasteiger partial charge on any atom is -0.373 e. The number of hydrogen-bond acceptors (Lipinski definition) is 4.